The van der Waals surface area contributed by atoms with Crippen LogP contribution in [0.25, 0.3) is 101 Å². The summed E-state index contributed by atoms with van der Waals surface area (Å²) in [5.41, 5.74) is 11.5. The van der Waals surface area contributed by atoms with Crippen molar-refractivity contribution in [1.29, 1.82) is 0 Å². The predicted octanol–water partition coefficient (Wildman–Crippen LogP) is 16.2. The fourth-order valence-corrected chi connectivity index (χ4v) is 10.3. The molecule has 0 spiro atoms. The Bertz CT molecular complexity index is 3660. The molecular formula is C60H42F3N3. The maximum atomic E-state index is 17.0. The molecule has 3 heterocycles. The number of aryl methyl sites for hydroxylation is 2. The Morgan fingerprint density at radius 1 is 0.379 bits per heavy atom. The van der Waals surface area contributed by atoms with Gasteiger partial charge in [-0.2, -0.15) is 0 Å². The van der Waals surface area contributed by atoms with Gasteiger partial charge in [0.2, 0.25) is 0 Å². The van der Waals surface area contributed by atoms with Crippen molar-refractivity contribution in [3.05, 3.63) is 228 Å². The molecule has 0 amide bonds. The molecule has 3 aromatic heterocycles. The van der Waals surface area contributed by atoms with Crippen molar-refractivity contribution in [2.45, 2.75) is 25.7 Å². The summed E-state index contributed by atoms with van der Waals surface area (Å²) < 4.78 is 54.7. The largest absolute Gasteiger partial charge is 0.355 e. The Morgan fingerprint density at radius 2 is 0.818 bits per heavy atom. The highest BCUT2D eigenvalue weighted by atomic mass is 19.1. The first-order valence-electron chi connectivity index (χ1n) is 22.5. The molecule has 0 unspecified atom stereocenters. The molecule has 318 valence electrons. The highest BCUT2D eigenvalue weighted by molar-refractivity contribution is 6.09. The molecular weight excluding hydrogens is 820 g/mol. The molecule has 8 aromatic carbocycles. The predicted molar refractivity (Wildman–Crippen MR) is 267 cm³/mol. The van der Waals surface area contributed by atoms with E-state index in [-0.39, 0.29) is 16.7 Å². The minimum Gasteiger partial charge on any atom is -0.355 e. The fraction of sp³-hybridized carbons (Fsp3) is 0.0667. The van der Waals surface area contributed by atoms with Crippen LogP contribution < -0.4 is 0 Å². The highest BCUT2D eigenvalue weighted by Crippen LogP contribution is 2.43. The normalized spacial score (nSPS) is 13.0. The van der Waals surface area contributed by atoms with Crippen molar-refractivity contribution in [3.8, 4) is 44.8 Å². The SMILES string of the molecule is C1=Cc2[nH]c3ccccc3c2CC1.Fc1c(-c2ccccc2)c(F)c(-c2ccc(-n3c4ccccc4c4ccccc43)cc2)c(F)c1-c1ccc(-n2c3c(c4ccccc42)CCC=C3)cc1. The molecule has 6 heteroatoms. The molecule has 0 bridgehead atoms. The Balaban J connectivity index is 0.000000299. The van der Waals surface area contributed by atoms with Gasteiger partial charge in [-0.15, -0.1) is 0 Å². The number of allylic oxidation sites excluding steroid dienone is 2. The molecule has 11 aromatic rings. The minimum atomic E-state index is -0.941. The summed E-state index contributed by atoms with van der Waals surface area (Å²) in [6.07, 6.45) is 13.0. The zero-order chi connectivity index (χ0) is 44.3. The van der Waals surface area contributed by atoms with E-state index in [2.05, 4.69) is 99.1 Å². The van der Waals surface area contributed by atoms with Crippen LogP contribution in [0.5, 0.6) is 0 Å². The number of fused-ring (bicyclic) bond motifs is 9. The van der Waals surface area contributed by atoms with Crippen LogP contribution in [0.4, 0.5) is 13.2 Å². The third kappa shape index (κ3) is 6.43. The van der Waals surface area contributed by atoms with Crippen LogP contribution >= 0.6 is 0 Å². The number of hydrogen-bond acceptors (Lipinski definition) is 0. The van der Waals surface area contributed by atoms with Crippen molar-refractivity contribution in [2.24, 2.45) is 0 Å². The summed E-state index contributed by atoms with van der Waals surface area (Å²) in [6, 6.07) is 56.1. The maximum absolute atomic E-state index is 17.0. The molecule has 0 aliphatic heterocycles. The topological polar surface area (TPSA) is 25.6 Å². The van der Waals surface area contributed by atoms with Gasteiger partial charge in [0.15, 0.2) is 0 Å². The van der Waals surface area contributed by atoms with Gasteiger partial charge in [-0.25, -0.2) is 13.2 Å². The number of nitrogens with one attached hydrogen (secondary N) is 1. The minimum absolute atomic E-state index is 0.261. The second-order valence-corrected chi connectivity index (χ2v) is 17.1. The van der Waals surface area contributed by atoms with Gasteiger partial charge in [0.05, 0.1) is 33.2 Å². The van der Waals surface area contributed by atoms with Crippen molar-refractivity contribution in [3.63, 3.8) is 0 Å². The van der Waals surface area contributed by atoms with E-state index in [1.54, 1.807) is 54.6 Å². The Hall–Kier alpha value is -8.09. The standard InChI is InChI=1S/C48H31F3N2.C12H11N/c49-46-43(30-12-2-1-3-13-30)47(50)45(32-24-28-34(29-25-32)53-41-20-10-6-16-37(41)38-17-7-11-21-42(38)53)48(51)44(46)31-22-26-33(27-23-31)52-39-18-8-4-14-35(39)36-15-5-9-19-40(36)52;1-3-7-11-9(5-1)10-6-2-4-8-12(10)13-11/h1-6,8-16,18-29H,7,17H2;1,3-5,7-8,13H,2,6H2. The summed E-state index contributed by atoms with van der Waals surface area (Å²) in [7, 11) is 0. The lowest BCUT2D eigenvalue weighted by Gasteiger charge is -2.18. The van der Waals surface area contributed by atoms with Crippen LogP contribution in [0, 0.1) is 17.5 Å². The quantitative estimate of drug-likeness (QED) is 0.178. The zero-order valence-electron chi connectivity index (χ0n) is 35.9. The summed E-state index contributed by atoms with van der Waals surface area (Å²) in [5.74, 6) is -2.81. The number of para-hydroxylation sites is 4. The van der Waals surface area contributed by atoms with Crippen LogP contribution in [-0.2, 0) is 12.8 Å². The van der Waals surface area contributed by atoms with Crippen molar-refractivity contribution in [1.82, 2.24) is 14.1 Å². The Labute approximate surface area is 380 Å². The lowest BCUT2D eigenvalue weighted by Crippen LogP contribution is -2.04. The molecule has 1 N–H and O–H groups in total. The van der Waals surface area contributed by atoms with Gasteiger partial charge < -0.3 is 14.1 Å². The van der Waals surface area contributed by atoms with E-state index in [1.165, 1.54) is 46.0 Å². The van der Waals surface area contributed by atoms with Gasteiger partial charge >= 0.3 is 0 Å². The maximum Gasteiger partial charge on any atom is 0.144 e. The van der Waals surface area contributed by atoms with Crippen molar-refractivity contribution < 1.29 is 13.2 Å². The number of halogens is 3. The van der Waals surface area contributed by atoms with E-state index >= 15 is 13.2 Å². The Kier molecular flexibility index (Phi) is 9.67. The summed E-state index contributed by atoms with van der Waals surface area (Å²) in [4.78, 5) is 3.43. The number of H-pyrrole nitrogens is 1. The van der Waals surface area contributed by atoms with E-state index in [4.69, 9.17) is 0 Å². The van der Waals surface area contributed by atoms with E-state index < -0.39 is 17.5 Å². The third-order valence-electron chi connectivity index (χ3n) is 13.3. The zero-order valence-corrected chi connectivity index (χ0v) is 35.9. The van der Waals surface area contributed by atoms with Gasteiger partial charge in [0.25, 0.3) is 0 Å². The first-order valence-corrected chi connectivity index (χ1v) is 22.5. The van der Waals surface area contributed by atoms with Crippen molar-refractivity contribution in [2.75, 3.05) is 0 Å². The number of aromatic nitrogens is 3. The fourth-order valence-electron chi connectivity index (χ4n) is 10.3. The second kappa shape index (κ2) is 16.2. The summed E-state index contributed by atoms with van der Waals surface area (Å²) >= 11 is 0. The van der Waals surface area contributed by atoms with Gasteiger partial charge in [-0.05, 0) is 114 Å². The van der Waals surface area contributed by atoms with Gasteiger partial charge in [-0.1, -0.05) is 140 Å². The van der Waals surface area contributed by atoms with E-state index in [0.29, 0.717) is 16.7 Å². The third-order valence-corrected chi connectivity index (χ3v) is 13.3. The van der Waals surface area contributed by atoms with E-state index in [0.717, 1.165) is 57.2 Å². The lowest BCUT2D eigenvalue weighted by atomic mass is 9.90. The first kappa shape index (κ1) is 39.5. The van der Waals surface area contributed by atoms with Crippen molar-refractivity contribution >= 4 is 55.8 Å². The number of benzene rings is 8. The molecule has 0 fully saturated rings. The van der Waals surface area contributed by atoms with Crippen LogP contribution in [0.2, 0.25) is 0 Å². The lowest BCUT2D eigenvalue weighted by molar-refractivity contribution is 0.557. The Morgan fingerprint density at radius 3 is 1.41 bits per heavy atom. The number of nitrogens with zero attached hydrogens (tertiary/aromatic N) is 2. The molecule has 0 saturated carbocycles. The number of rotatable bonds is 5. The molecule has 0 radical (unpaired) electrons. The molecule has 0 saturated heterocycles. The molecule has 13 rings (SSSR count). The average Bonchev–Trinajstić information content (AvgIpc) is 4.03. The number of aromatic amines is 1. The van der Waals surface area contributed by atoms with Gasteiger partial charge in [0, 0.05) is 49.8 Å². The molecule has 3 nitrogen and oxygen atoms in total. The van der Waals surface area contributed by atoms with Gasteiger partial charge in [-0.3, -0.25) is 0 Å². The molecule has 0 atom stereocenters. The summed E-state index contributed by atoms with van der Waals surface area (Å²) in [5, 5.41) is 4.83. The highest BCUT2D eigenvalue weighted by Gasteiger charge is 2.28. The van der Waals surface area contributed by atoms with E-state index in [1.807, 2.05) is 60.7 Å². The van der Waals surface area contributed by atoms with Crippen LogP contribution in [0.15, 0.2) is 188 Å². The van der Waals surface area contributed by atoms with Gasteiger partial charge in [0.1, 0.15) is 17.5 Å². The second-order valence-electron chi connectivity index (χ2n) is 17.1. The van der Waals surface area contributed by atoms with Crippen LogP contribution in [-0.4, -0.2) is 14.1 Å². The number of hydrogen-bond donors (Lipinski definition) is 1. The monoisotopic (exact) mass is 861 g/mol. The van der Waals surface area contributed by atoms with E-state index in [9.17, 15) is 0 Å². The van der Waals surface area contributed by atoms with Crippen LogP contribution in [0.3, 0.4) is 0 Å². The molecule has 66 heavy (non-hydrogen) atoms. The molecule has 2 aliphatic carbocycles. The average molecular weight is 862 g/mol. The smallest absolute Gasteiger partial charge is 0.144 e. The van der Waals surface area contributed by atoms with Crippen LogP contribution in [0.1, 0.15) is 35.4 Å². The first-order chi connectivity index (χ1) is 32.5. The summed E-state index contributed by atoms with van der Waals surface area (Å²) in [6.45, 7) is 0. The molecule has 2 aliphatic rings.